The minimum Gasteiger partial charge on any atom is -0.484 e. The maximum absolute atomic E-state index is 12.8. The van der Waals surface area contributed by atoms with Gasteiger partial charge < -0.3 is 9.64 Å². The fourth-order valence-electron chi connectivity index (χ4n) is 3.97. The van der Waals surface area contributed by atoms with Crippen molar-refractivity contribution in [1.29, 1.82) is 0 Å². The summed E-state index contributed by atoms with van der Waals surface area (Å²) < 4.78 is 5.75. The molecule has 0 saturated carbocycles. The van der Waals surface area contributed by atoms with E-state index in [1.807, 2.05) is 23.2 Å². The van der Waals surface area contributed by atoms with Crippen molar-refractivity contribution in [1.82, 2.24) is 14.9 Å². The van der Waals surface area contributed by atoms with Crippen LogP contribution < -0.4 is 4.74 Å². The summed E-state index contributed by atoms with van der Waals surface area (Å²) in [6, 6.07) is 8.35. The third-order valence-corrected chi connectivity index (χ3v) is 5.31. The molecule has 0 N–H and O–H groups in total. The van der Waals surface area contributed by atoms with Crippen molar-refractivity contribution < 1.29 is 9.53 Å². The highest BCUT2D eigenvalue weighted by molar-refractivity contribution is 5.79. The minimum absolute atomic E-state index is 0.0509. The maximum Gasteiger partial charge on any atom is 0.261 e. The van der Waals surface area contributed by atoms with Gasteiger partial charge in [0.05, 0.1) is 11.7 Å². The molecule has 2 aromatic rings. The first-order valence-electron chi connectivity index (χ1n) is 8.96. The van der Waals surface area contributed by atoms with E-state index in [9.17, 15) is 4.79 Å². The molecule has 2 atom stereocenters. The van der Waals surface area contributed by atoms with Gasteiger partial charge in [0.15, 0.2) is 6.61 Å². The lowest BCUT2D eigenvalue weighted by atomic mass is 9.99. The number of rotatable bonds is 4. The molecular formula is C20H23N3O2. The smallest absolute Gasteiger partial charge is 0.261 e. The number of carbonyl (C=O) groups is 1. The molecule has 0 spiro atoms. The van der Waals surface area contributed by atoms with Crippen molar-refractivity contribution in [2.45, 2.75) is 51.1 Å². The molecule has 2 aliphatic heterocycles. The van der Waals surface area contributed by atoms with Gasteiger partial charge in [0.25, 0.3) is 5.91 Å². The quantitative estimate of drug-likeness (QED) is 0.859. The molecule has 1 aromatic heterocycles. The molecule has 3 heterocycles. The molecule has 1 saturated heterocycles. The Hall–Kier alpha value is -2.43. The Morgan fingerprint density at radius 1 is 1.28 bits per heavy atom. The summed E-state index contributed by atoms with van der Waals surface area (Å²) in [6.07, 6.45) is 6.29. The minimum atomic E-state index is 0.0509. The Labute approximate surface area is 148 Å². The van der Waals surface area contributed by atoms with E-state index >= 15 is 0 Å². The average molecular weight is 337 g/mol. The average Bonchev–Trinajstić information content (AvgIpc) is 2.95. The lowest BCUT2D eigenvalue weighted by molar-refractivity contribution is -0.137. The number of amides is 1. The molecule has 1 aromatic carbocycles. The van der Waals surface area contributed by atoms with E-state index in [0.29, 0.717) is 5.92 Å². The Morgan fingerprint density at radius 2 is 2.08 bits per heavy atom. The maximum atomic E-state index is 12.8. The van der Waals surface area contributed by atoms with Gasteiger partial charge >= 0.3 is 0 Å². The van der Waals surface area contributed by atoms with Gasteiger partial charge in [-0.2, -0.15) is 0 Å². The van der Waals surface area contributed by atoms with Crippen molar-refractivity contribution in [2.75, 3.05) is 6.61 Å². The molecule has 2 aliphatic rings. The van der Waals surface area contributed by atoms with Crippen LogP contribution in [0.5, 0.6) is 5.75 Å². The highest BCUT2D eigenvalue weighted by atomic mass is 16.5. The summed E-state index contributed by atoms with van der Waals surface area (Å²) >= 11 is 0. The fraction of sp³-hybridized carbons (Fsp3) is 0.450. The predicted molar refractivity (Wildman–Crippen MR) is 94.4 cm³/mol. The van der Waals surface area contributed by atoms with Gasteiger partial charge in [-0.3, -0.25) is 4.79 Å². The van der Waals surface area contributed by atoms with E-state index in [1.165, 1.54) is 5.56 Å². The van der Waals surface area contributed by atoms with Crippen LogP contribution in [0.2, 0.25) is 0 Å². The Morgan fingerprint density at radius 3 is 2.84 bits per heavy atom. The van der Waals surface area contributed by atoms with Crippen molar-refractivity contribution in [3.63, 3.8) is 0 Å². The Bertz CT molecular complexity index is 773. The topological polar surface area (TPSA) is 55.3 Å². The molecule has 5 heteroatoms. The zero-order valence-electron chi connectivity index (χ0n) is 14.7. The molecule has 1 fully saturated rings. The van der Waals surface area contributed by atoms with Gasteiger partial charge in [0.2, 0.25) is 0 Å². The molecule has 0 aliphatic carbocycles. The Kier molecular flexibility index (Phi) is 4.15. The number of ether oxygens (including phenoxy) is 1. The van der Waals surface area contributed by atoms with E-state index in [1.54, 1.807) is 6.33 Å². The van der Waals surface area contributed by atoms with Crippen LogP contribution in [0.1, 0.15) is 55.5 Å². The molecule has 25 heavy (non-hydrogen) atoms. The highest BCUT2D eigenvalue weighted by Gasteiger charge is 2.43. The summed E-state index contributed by atoms with van der Waals surface area (Å²) in [7, 11) is 0. The van der Waals surface area contributed by atoms with Crippen molar-refractivity contribution in [3.05, 3.63) is 53.6 Å². The van der Waals surface area contributed by atoms with E-state index < -0.39 is 0 Å². The number of carbonyl (C=O) groups excluding carboxylic acids is 1. The molecule has 4 rings (SSSR count). The third kappa shape index (κ3) is 2.99. The zero-order valence-corrected chi connectivity index (χ0v) is 14.7. The van der Waals surface area contributed by atoms with Gasteiger partial charge in [-0.15, -0.1) is 0 Å². The zero-order chi connectivity index (χ0) is 17.4. The molecule has 2 bridgehead atoms. The van der Waals surface area contributed by atoms with Crippen LogP contribution in [0.25, 0.3) is 0 Å². The van der Waals surface area contributed by atoms with Crippen LogP contribution in [0.3, 0.4) is 0 Å². The van der Waals surface area contributed by atoms with Gasteiger partial charge in [-0.05, 0) is 36.5 Å². The number of benzene rings is 1. The van der Waals surface area contributed by atoms with E-state index in [2.05, 4.69) is 35.9 Å². The molecular weight excluding hydrogens is 314 g/mol. The number of hydrogen-bond donors (Lipinski definition) is 0. The van der Waals surface area contributed by atoms with Gasteiger partial charge in [0, 0.05) is 24.2 Å². The van der Waals surface area contributed by atoms with Crippen molar-refractivity contribution >= 4 is 5.91 Å². The van der Waals surface area contributed by atoms with Crippen molar-refractivity contribution in [3.8, 4) is 5.75 Å². The van der Waals surface area contributed by atoms with Crippen LogP contribution in [-0.2, 0) is 11.2 Å². The predicted octanol–water partition coefficient (Wildman–Crippen LogP) is 3.27. The summed E-state index contributed by atoms with van der Waals surface area (Å²) in [4.78, 5) is 23.3. The van der Waals surface area contributed by atoms with Crippen LogP contribution >= 0.6 is 0 Å². The van der Waals surface area contributed by atoms with Gasteiger partial charge in [-0.1, -0.05) is 26.0 Å². The molecule has 130 valence electrons. The first kappa shape index (κ1) is 16.1. The second kappa shape index (κ2) is 6.47. The molecule has 2 unspecified atom stereocenters. The lowest BCUT2D eigenvalue weighted by Crippen LogP contribution is -2.44. The number of hydrogen-bond acceptors (Lipinski definition) is 4. The normalized spacial score (nSPS) is 21.3. The van der Waals surface area contributed by atoms with E-state index in [4.69, 9.17) is 4.74 Å². The van der Waals surface area contributed by atoms with Crippen molar-refractivity contribution in [2.24, 2.45) is 0 Å². The first-order chi connectivity index (χ1) is 12.1. The first-order valence-corrected chi connectivity index (χ1v) is 8.96. The van der Waals surface area contributed by atoms with Crippen LogP contribution in [-0.4, -0.2) is 33.4 Å². The largest absolute Gasteiger partial charge is 0.484 e. The fourth-order valence-corrected chi connectivity index (χ4v) is 3.97. The van der Waals surface area contributed by atoms with Crippen LogP contribution in [0, 0.1) is 0 Å². The van der Waals surface area contributed by atoms with Crippen LogP contribution in [0.15, 0.2) is 36.8 Å². The van der Waals surface area contributed by atoms with Crippen LogP contribution in [0.4, 0.5) is 0 Å². The second-order valence-electron chi connectivity index (χ2n) is 7.19. The van der Waals surface area contributed by atoms with E-state index in [0.717, 1.165) is 36.3 Å². The second-order valence-corrected chi connectivity index (χ2v) is 7.19. The SMILES string of the molecule is CC(C)c1ccc(OCC(=O)N2C3CCC2c2cncnc2C3)cc1. The van der Waals surface area contributed by atoms with E-state index in [-0.39, 0.29) is 24.6 Å². The summed E-state index contributed by atoms with van der Waals surface area (Å²) in [5.74, 6) is 1.28. The standard InChI is InChI=1S/C20H23N3O2/c1-13(2)14-3-6-16(7-4-14)25-11-20(24)23-15-5-8-19(23)17-10-21-12-22-18(17)9-15/h3-4,6-7,10,12-13,15,19H,5,8-9,11H2,1-2H3. The lowest BCUT2D eigenvalue weighted by Gasteiger charge is -2.35. The molecule has 1 amide bonds. The monoisotopic (exact) mass is 337 g/mol. The number of fused-ring (bicyclic) bond motifs is 4. The highest BCUT2D eigenvalue weighted by Crippen LogP contribution is 2.42. The summed E-state index contributed by atoms with van der Waals surface area (Å²) in [5, 5.41) is 0. The Balaban J connectivity index is 1.44. The number of aromatic nitrogens is 2. The molecule has 0 radical (unpaired) electrons. The van der Waals surface area contributed by atoms with Gasteiger partial charge in [0.1, 0.15) is 12.1 Å². The number of nitrogens with zero attached hydrogens (tertiary/aromatic N) is 3. The summed E-state index contributed by atoms with van der Waals surface area (Å²) in [5.41, 5.74) is 3.46. The summed E-state index contributed by atoms with van der Waals surface area (Å²) in [6.45, 7) is 4.40. The van der Waals surface area contributed by atoms with Gasteiger partial charge in [-0.25, -0.2) is 9.97 Å². The molecule has 5 nitrogen and oxygen atoms in total. The third-order valence-electron chi connectivity index (χ3n) is 5.31.